The number of aromatic nitrogens is 2. The van der Waals surface area contributed by atoms with Gasteiger partial charge in [-0.25, -0.2) is 9.78 Å². The molecule has 25 heavy (non-hydrogen) atoms. The molecule has 0 saturated heterocycles. The van der Waals surface area contributed by atoms with Crippen molar-refractivity contribution in [1.82, 2.24) is 9.97 Å². The SMILES string of the molecule is CC(O)C(CO)Nc1ncc2c(n1)NC(=O)N(c1ccccc1Cl)C2. The lowest BCUT2D eigenvalue weighted by molar-refractivity contribution is 0.132. The van der Waals surface area contributed by atoms with E-state index in [-0.39, 0.29) is 25.1 Å². The highest BCUT2D eigenvalue weighted by Gasteiger charge is 2.27. The highest BCUT2D eigenvalue weighted by atomic mass is 35.5. The van der Waals surface area contributed by atoms with Crippen molar-refractivity contribution in [2.45, 2.75) is 25.6 Å². The van der Waals surface area contributed by atoms with Crippen LogP contribution in [0.1, 0.15) is 12.5 Å². The number of aliphatic hydroxyl groups is 2. The van der Waals surface area contributed by atoms with Crippen LogP contribution in [0.4, 0.5) is 22.2 Å². The Kier molecular flexibility index (Phi) is 5.03. The fourth-order valence-corrected chi connectivity index (χ4v) is 2.70. The van der Waals surface area contributed by atoms with E-state index in [4.69, 9.17) is 11.6 Å². The molecular formula is C16H18ClN5O3. The van der Waals surface area contributed by atoms with Gasteiger partial charge < -0.3 is 15.5 Å². The highest BCUT2D eigenvalue weighted by Crippen LogP contribution is 2.31. The summed E-state index contributed by atoms with van der Waals surface area (Å²) in [7, 11) is 0. The maximum atomic E-state index is 12.4. The Morgan fingerprint density at radius 1 is 1.44 bits per heavy atom. The standard InChI is InChI=1S/C16H18ClN5O3/c1-9(24)12(8-23)19-15-18-6-10-7-22(16(25)21-14(10)20-15)13-5-3-2-4-11(13)17/h2-6,9,12,23-24H,7-8H2,1H3,(H2,18,19,20,21,25). The number of amides is 2. The van der Waals surface area contributed by atoms with E-state index in [9.17, 15) is 15.0 Å². The van der Waals surface area contributed by atoms with Gasteiger partial charge in [0.1, 0.15) is 5.82 Å². The molecule has 0 radical (unpaired) electrons. The average molecular weight is 364 g/mol. The Labute approximate surface area is 149 Å². The van der Waals surface area contributed by atoms with Crippen molar-refractivity contribution < 1.29 is 15.0 Å². The molecule has 2 amide bonds. The van der Waals surface area contributed by atoms with Gasteiger partial charge in [-0.3, -0.25) is 10.2 Å². The van der Waals surface area contributed by atoms with E-state index >= 15 is 0 Å². The summed E-state index contributed by atoms with van der Waals surface area (Å²) in [4.78, 5) is 22.3. The van der Waals surface area contributed by atoms with Gasteiger partial charge in [-0.1, -0.05) is 23.7 Å². The molecule has 1 aliphatic heterocycles. The molecule has 8 nitrogen and oxygen atoms in total. The van der Waals surface area contributed by atoms with Crippen LogP contribution in [0, 0.1) is 0 Å². The van der Waals surface area contributed by atoms with E-state index in [0.29, 0.717) is 16.5 Å². The zero-order valence-electron chi connectivity index (χ0n) is 13.5. The summed E-state index contributed by atoms with van der Waals surface area (Å²) >= 11 is 6.17. The predicted molar refractivity (Wildman–Crippen MR) is 94.9 cm³/mol. The van der Waals surface area contributed by atoms with Crippen molar-refractivity contribution in [3.63, 3.8) is 0 Å². The first-order chi connectivity index (χ1) is 12.0. The number of nitrogens with one attached hydrogen (secondary N) is 2. The number of carbonyl (C=O) groups excluding carboxylic acids is 1. The molecule has 0 aliphatic carbocycles. The third-order valence-electron chi connectivity index (χ3n) is 3.90. The second-order valence-electron chi connectivity index (χ2n) is 5.71. The Bertz CT molecular complexity index is 786. The van der Waals surface area contributed by atoms with Gasteiger partial charge in [0.2, 0.25) is 5.95 Å². The van der Waals surface area contributed by atoms with Gasteiger partial charge >= 0.3 is 6.03 Å². The molecular weight excluding hydrogens is 346 g/mol. The summed E-state index contributed by atoms with van der Waals surface area (Å²) < 4.78 is 0. The van der Waals surface area contributed by atoms with Crippen molar-refractivity contribution in [2.75, 3.05) is 22.1 Å². The van der Waals surface area contributed by atoms with E-state index < -0.39 is 12.1 Å². The monoisotopic (exact) mass is 363 g/mol. The first-order valence-electron chi connectivity index (χ1n) is 7.74. The van der Waals surface area contributed by atoms with Crippen molar-refractivity contribution in [3.05, 3.63) is 41.0 Å². The van der Waals surface area contributed by atoms with Crippen LogP contribution >= 0.6 is 11.6 Å². The highest BCUT2D eigenvalue weighted by molar-refractivity contribution is 6.34. The molecule has 9 heteroatoms. The number of urea groups is 1. The molecule has 2 heterocycles. The number of hydrogen-bond donors (Lipinski definition) is 4. The molecule has 132 valence electrons. The Balaban J connectivity index is 1.83. The van der Waals surface area contributed by atoms with Gasteiger partial charge in [0.05, 0.1) is 36.0 Å². The van der Waals surface area contributed by atoms with Gasteiger partial charge in [0, 0.05) is 11.8 Å². The lowest BCUT2D eigenvalue weighted by atomic mass is 10.2. The molecule has 3 rings (SSSR count). The molecule has 0 saturated carbocycles. The summed E-state index contributed by atoms with van der Waals surface area (Å²) in [6.07, 6.45) is 0.805. The van der Waals surface area contributed by atoms with Crippen LogP contribution in [-0.4, -0.2) is 45.0 Å². The van der Waals surface area contributed by atoms with E-state index in [1.165, 1.54) is 4.90 Å². The number of carbonyl (C=O) groups is 1. The average Bonchev–Trinajstić information content (AvgIpc) is 2.59. The predicted octanol–water partition coefficient (Wildman–Crippen LogP) is 1.84. The molecule has 1 aromatic heterocycles. The fourth-order valence-electron chi connectivity index (χ4n) is 2.46. The number of hydrogen-bond acceptors (Lipinski definition) is 6. The maximum absolute atomic E-state index is 12.4. The van der Waals surface area contributed by atoms with Gasteiger partial charge in [-0.05, 0) is 19.1 Å². The molecule has 1 aliphatic rings. The number of benzene rings is 1. The van der Waals surface area contributed by atoms with Crippen LogP contribution in [0.25, 0.3) is 0 Å². The van der Waals surface area contributed by atoms with Gasteiger partial charge in [0.25, 0.3) is 0 Å². The minimum absolute atomic E-state index is 0.213. The van der Waals surface area contributed by atoms with E-state index in [1.54, 1.807) is 37.4 Å². The van der Waals surface area contributed by atoms with Crippen molar-refractivity contribution in [3.8, 4) is 0 Å². The van der Waals surface area contributed by atoms with E-state index in [0.717, 1.165) is 5.56 Å². The van der Waals surface area contributed by atoms with Gasteiger partial charge in [0.15, 0.2) is 0 Å². The fraction of sp³-hybridized carbons (Fsp3) is 0.312. The minimum Gasteiger partial charge on any atom is -0.394 e. The first kappa shape index (κ1) is 17.4. The number of rotatable bonds is 5. The second-order valence-corrected chi connectivity index (χ2v) is 6.12. The Hall–Kier alpha value is -2.42. The van der Waals surface area contributed by atoms with Crippen molar-refractivity contribution >= 4 is 35.1 Å². The number of fused-ring (bicyclic) bond motifs is 1. The van der Waals surface area contributed by atoms with Gasteiger partial charge in [-0.15, -0.1) is 0 Å². The number of halogens is 1. The number of anilines is 3. The van der Waals surface area contributed by atoms with E-state index in [1.807, 2.05) is 0 Å². The van der Waals surface area contributed by atoms with Crippen LogP contribution in [0.3, 0.4) is 0 Å². The first-order valence-corrected chi connectivity index (χ1v) is 8.12. The van der Waals surface area contributed by atoms with Crippen molar-refractivity contribution in [2.24, 2.45) is 0 Å². The third kappa shape index (κ3) is 3.65. The zero-order valence-corrected chi connectivity index (χ0v) is 14.2. The third-order valence-corrected chi connectivity index (χ3v) is 4.22. The number of para-hydroxylation sites is 1. The van der Waals surface area contributed by atoms with E-state index in [2.05, 4.69) is 20.6 Å². The smallest absolute Gasteiger partial charge is 0.327 e. The Morgan fingerprint density at radius 3 is 2.88 bits per heavy atom. The van der Waals surface area contributed by atoms with Crippen molar-refractivity contribution in [1.29, 1.82) is 0 Å². The minimum atomic E-state index is -0.782. The summed E-state index contributed by atoms with van der Waals surface area (Å²) in [5, 5.41) is 24.9. The summed E-state index contributed by atoms with van der Waals surface area (Å²) in [5.41, 5.74) is 1.33. The zero-order chi connectivity index (χ0) is 18.0. The topological polar surface area (TPSA) is 111 Å². The van der Waals surface area contributed by atoms with Crippen LogP contribution in [0.5, 0.6) is 0 Å². The van der Waals surface area contributed by atoms with Crippen LogP contribution in [0.2, 0.25) is 5.02 Å². The summed E-state index contributed by atoms with van der Waals surface area (Å²) in [5.74, 6) is 0.596. The molecule has 2 atom stereocenters. The Morgan fingerprint density at radius 2 is 2.20 bits per heavy atom. The quantitative estimate of drug-likeness (QED) is 0.645. The largest absolute Gasteiger partial charge is 0.394 e. The number of nitrogens with zero attached hydrogens (tertiary/aromatic N) is 3. The molecule has 1 aromatic carbocycles. The van der Waals surface area contributed by atoms with Gasteiger partial charge in [-0.2, -0.15) is 4.98 Å². The lowest BCUT2D eigenvalue weighted by Gasteiger charge is -2.29. The molecule has 2 aromatic rings. The molecule has 0 bridgehead atoms. The van der Waals surface area contributed by atoms with Crippen LogP contribution in [-0.2, 0) is 6.54 Å². The number of aliphatic hydroxyl groups excluding tert-OH is 2. The molecule has 4 N–H and O–H groups in total. The van der Waals surface area contributed by atoms with Crippen LogP contribution in [0.15, 0.2) is 30.5 Å². The second kappa shape index (κ2) is 7.22. The summed E-state index contributed by atoms with van der Waals surface area (Å²) in [6.45, 7) is 1.56. The summed E-state index contributed by atoms with van der Waals surface area (Å²) in [6, 6.07) is 6.13. The normalized spacial score (nSPS) is 16.0. The maximum Gasteiger partial charge on any atom is 0.327 e. The molecule has 2 unspecified atom stereocenters. The lowest BCUT2D eigenvalue weighted by Crippen LogP contribution is -2.40. The molecule has 0 spiro atoms. The molecule has 0 fully saturated rings. The van der Waals surface area contributed by atoms with Crippen LogP contribution < -0.4 is 15.5 Å².